The van der Waals surface area contributed by atoms with E-state index in [2.05, 4.69) is 25.8 Å². The lowest BCUT2D eigenvalue weighted by molar-refractivity contribution is 0.00837. The number of para-hydroxylation sites is 1. The van der Waals surface area contributed by atoms with E-state index in [0.717, 1.165) is 22.6 Å². The molecule has 0 amide bonds. The minimum atomic E-state index is -0.557. The van der Waals surface area contributed by atoms with Crippen molar-refractivity contribution in [3.63, 3.8) is 0 Å². The monoisotopic (exact) mass is 297 g/mol. The van der Waals surface area contributed by atoms with Crippen LogP contribution in [-0.2, 0) is 15.1 Å². The molecule has 2 aliphatic heterocycles. The predicted octanol–water partition coefficient (Wildman–Crippen LogP) is 3.85. The number of ether oxygens (including phenoxy) is 3. The van der Waals surface area contributed by atoms with Crippen LogP contribution in [0.3, 0.4) is 0 Å². The normalized spacial score (nSPS) is 25.3. The fourth-order valence-electron chi connectivity index (χ4n) is 2.89. The molecule has 0 bridgehead atoms. The van der Waals surface area contributed by atoms with Crippen LogP contribution in [0.2, 0.25) is 0 Å². The number of benzene rings is 1. The maximum atomic E-state index is 6.06. The molecule has 1 fully saturated rings. The van der Waals surface area contributed by atoms with Crippen LogP contribution in [0.1, 0.15) is 31.9 Å². The lowest BCUT2D eigenvalue weighted by Gasteiger charge is -2.26. The SMILES string of the molecule is CC(C)(C)COC1OC12c1ccccc1Oc1cnccc12. The van der Waals surface area contributed by atoms with Crippen LogP contribution in [0.15, 0.2) is 42.7 Å². The molecule has 1 saturated heterocycles. The Morgan fingerprint density at radius 1 is 1.14 bits per heavy atom. The first-order valence-electron chi connectivity index (χ1n) is 7.52. The molecule has 2 atom stereocenters. The molecule has 1 aromatic heterocycles. The molecule has 4 rings (SSSR count). The summed E-state index contributed by atoms with van der Waals surface area (Å²) in [6.45, 7) is 7.09. The van der Waals surface area contributed by atoms with Crippen molar-refractivity contribution in [1.82, 2.24) is 4.98 Å². The molecular formula is C18H19NO3. The Morgan fingerprint density at radius 2 is 1.91 bits per heavy atom. The fourth-order valence-corrected chi connectivity index (χ4v) is 2.89. The third kappa shape index (κ3) is 2.02. The molecule has 2 aliphatic rings. The minimum absolute atomic E-state index is 0.0961. The van der Waals surface area contributed by atoms with Gasteiger partial charge in [-0.05, 0) is 17.5 Å². The molecule has 4 heteroatoms. The molecule has 22 heavy (non-hydrogen) atoms. The van der Waals surface area contributed by atoms with E-state index >= 15 is 0 Å². The van der Waals surface area contributed by atoms with Crippen molar-refractivity contribution in [2.24, 2.45) is 5.41 Å². The Kier molecular flexibility index (Phi) is 2.83. The molecule has 3 heterocycles. The maximum Gasteiger partial charge on any atom is 0.197 e. The molecule has 0 aliphatic carbocycles. The van der Waals surface area contributed by atoms with Crippen LogP contribution in [0.5, 0.6) is 11.5 Å². The van der Waals surface area contributed by atoms with Crippen molar-refractivity contribution < 1.29 is 14.2 Å². The van der Waals surface area contributed by atoms with Crippen LogP contribution in [0.4, 0.5) is 0 Å². The van der Waals surface area contributed by atoms with Gasteiger partial charge in [0.05, 0.1) is 12.8 Å². The second-order valence-electron chi connectivity index (χ2n) is 7.03. The number of pyridine rings is 1. The Bertz CT molecular complexity index is 675. The number of hydrogen-bond acceptors (Lipinski definition) is 4. The first kappa shape index (κ1) is 13.7. The summed E-state index contributed by atoms with van der Waals surface area (Å²) in [6, 6.07) is 9.90. The average molecular weight is 297 g/mol. The van der Waals surface area contributed by atoms with Crippen molar-refractivity contribution >= 4 is 0 Å². The van der Waals surface area contributed by atoms with Gasteiger partial charge in [0.15, 0.2) is 17.6 Å². The standard InChI is InChI=1S/C18H19NO3/c1-17(2,3)11-20-16-18(22-16)12-6-4-5-7-14(12)21-15-10-19-9-8-13(15)18/h4-10,16H,11H2,1-3H3. The van der Waals surface area contributed by atoms with Crippen molar-refractivity contribution in [2.45, 2.75) is 32.7 Å². The Labute approximate surface area is 130 Å². The van der Waals surface area contributed by atoms with Gasteiger partial charge in [0.1, 0.15) is 5.75 Å². The van der Waals surface area contributed by atoms with E-state index < -0.39 is 5.60 Å². The number of hydrogen-bond donors (Lipinski definition) is 0. The summed E-state index contributed by atoms with van der Waals surface area (Å²) in [6.07, 6.45) is 3.22. The molecule has 2 unspecified atom stereocenters. The Balaban J connectivity index is 1.74. The molecule has 2 aromatic rings. The van der Waals surface area contributed by atoms with Gasteiger partial charge in [0.2, 0.25) is 0 Å². The van der Waals surface area contributed by atoms with E-state index in [9.17, 15) is 0 Å². The van der Waals surface area contributed by atoms with E-state index in [1.54, 1.807) is 12.4 Å². The molecule has 0 saturated carbocycles. The Hall–Kier alpha value is -1.91. The van der Waals surface area contributed by atoms with E-state index in [1.807, 2.05) is 30.3 Å². The minimum Gasteiger partial charge on any atom is -0.455 e. The van der Waals surface area contributed by atoms with Crippen LogP contribution in [0, 0.1) is 5.41 Å². The molecule has 114 valence electrons. The third-order valence-corrected chi connectivity index (χ3v) is 3.93. The topological polar surface area (TPSA) is 43.9 Å². The zero-order valence-electron chi connectivity index (χ0n) is 13.0. The summed E-state index contributed by atoms with van der Waals surface area (Å²) in [5, 5.41) is 0. The Morgan fingerprint density at radius 3 is 2.73 bits per heavy atom. The van der Waals surface area contributed by atoms with Crippen molar-refractivity contribution in [3.05, 3.63) is 53.9 Å². The highest BCUT2D eigenvalue weighted by Crippen LogP contribution is 2.60. The number of epoxide rings is 1. The van der Waals surface area contributed by atoms with Gasteiger partial charge in [0.25, 0.3) is 0 Å². The van der Waals surface area contributed by atoms with Gasteiger partial charge >= 0.3 is 0 Å². The lowest BCUT2D eigenvalue weighted by atomic mass is 9.88. The number of rotatable bonds is 2. The summed E-state index contributed by atoms with van der Waals surface area (Å²) in [7, 11) is 0. The molecule has 1 spiro atoms. The number of aromatic nitrogens is 1. The van der Waals surface area contributed by atoms with Gasteiger partial charge in [-0.1, -0.05) is 39.0 Å². The van der Waals surface area contributed by atoms with Crippen molar-refractivity contribution in [3.8, 4) is 11.5 Å². The number of nitrogens with zero attached hydrogens (tertiary/aromatic N) is 1. The van der Waals surface area contributed by atoms with Crippen LogP contribution < -0.4 is 4.74 Å². The summed E-state index contributed by atoms with van der Waals surface area (Å²) in [5.41, 5.74) is 1.55. The van der Waals surface area contributed by atoms with Gasteiger partial charge in [0, 0.05) is 17.3 Å². The molecule has 4 nitrogen and oxygen atoms in total. The largest absolute Gasteiger partial charge is 0.455 e. The highest BCUT2D eigenvalue weighted by Gasteiger charge is 2.64. The molecule has 1 aromatic carbocycles. The number of fused-ring (bicyclic) bond motifs is 4. The second-order valence-corrected chi connectivity index (χ2v) is 7.03. The van der Waals surface area contributed by atoms with Gasteiger partial charge in [-0.25, -0.2) is 0 Å². The quantitative estimate of drug-likeness (QED) is 0.790. The first-order valence-corrected chi connectivity index (χ1v) is 7.52. The maximum absolute atomic E-state index is 6.06. The summed E-state index contributed by atoms with van der Waals surface area (Å²) >= 11 is 0. The van der Waals surface area contributed by atoms with Gasteiger partial charge in [-0.15, -0.1) is 0 Å². The molecule has 0 N–H and O–H groups in total. The zero-order chi connectivity index (χ0) is 15.4. The van der Waals surface area contributed by atoms with Crippen molar-refractivity contribution in [1.29, 1.82) is 0 Å². The van der Waals surface area contributed by atoms with Gasteiger partial charge < -0.3 is 14.2 Å². The van der Waals surface area contributed by atoms with E-state index in [1.165, 1.54) is 0 Å². The lowest BCUT2D eigenvalue weighted by Crippen LogP contribution is -2.24. The fraction of sp³-hybridized carbons (Fsp3) is 0.389. The summed E-state index contributed by atoms with van der Waals surface area (Å²) < 4.78 is 18.0. The van der Waals surface area contributed by atoms with E-state index in [0.29, 0.717) is 6.61 Å². The van der Waals surface area contributed by atoms with Crippen LogP contribution in [-0.4, -0.2) is 17.9 Å². The molecular weight excluding hydrogens is 278 g/mol. The van der Waals surface area contributed by atoms with Gasteiger partial charge in [-0.3, -0.25) is 4.98 Å². The van der Waals surface area contributed by atoms with Crippen LogP contribution >= 0.6 is 0 Å². The predicted molar refractivity (Wildman–Crippen MR) is 81.8 cm³/mol. The highest BCUT2D eigenvalue weighted by molar-refractivity contribution is 5.58. The average Bonchev–Trinajstić information content (AvgIpc) is 3.20. The van der Waals surface area contributed by atoms with E-state index in [4.69, 9.17) is 14.2 Å². The summed E-state index contributed by atoms with van der Waals surface area (Å²) in [4.78, 5) is 4.15. The first-order chi connectivity index (χ1) is 10.5. The van der Waals surface area contributed by atoms with Crippen LogP contribution in [0.25, 0.3) is 0 Å². The third-order valence-electron chi connectivity index (χ3n) is 3.93. The molecule has 0 radical (unpaired) electrons. The van der Waals surface area contributed by atoms with E-state index in [-0.39, 0.29) is 11.7 Å². The summed E-state index contributed by atoms with van der Waals surface area (Å²) in [5.74, 6) is 1.55. The highest BCUT2D eigenvalue weighted by atomic mass is 16.8. The zero-order valence-corrected chi connectivity index (χ0v) is 13.0. The second kappa shape index (κ2) is 4.54. The van der Waals surface area contributed by atoms with Crippen molar-refractivity contribution in [2.75, 3.05) is 6.61 Å². The van der Waals surface area contributed by atoms with Gasteiger partial charge in [-0.2, -0.15) is 0 Å². The smallest absolute Gasteiger partial charge is 0.197 e.